The molecule has 0 saturated heterocycles. The highest BCUT2D eigenvalue weighted by Gasteiger charge is 2.14. The van der Waals surface area contributed by atoms with Crippen molar-refractivity contribution in [2.24, 2.45) is 0 Å². The fourth-order valence-electron chi connectivity index (χ4n) is 1.14. The van der Waals surface area contributed by atoms with Crippen LogP contribution in [0.2, 0.25) is 0 Å². The van der Waals surface area contributed by atoms with E-state index in [4.69, 9.17) is 0 Å². The van der Waals surface area contributed by atoms with Crippen LogP contribution in [0.15, 0.2) is 30.4 Å². The summed E-state index contributed by atoms with van der Waals surface area (Å²) in [6.07, 6.45) is 0. The first kappa shape index (κ1) is 12.8. The smallest absolute Gasteiger partial charge is 0.273 e. The Hall–Kier alpha value is -2.24. The maximum absolute atomic E-state index is 13.0. The molecular weight excluding hydrogens is 227 g/mol. The number of benzene rings is 1. The van der Waals surface area contributed by atoms with E-state index in [1.165, 1.54) is 0 Å². The zero-order valence-corrected chi connectivity index (χ0v) is 9.20. The number of hydrogen-bond donors (Lipinski definition) is 1. The van der Waals surface area contributed by atoms with Crippen LogP contribution in [0, 0.1) is 15.9 Å². The molecule has 0 atom stereocenters. The van der Waals surface area contributed by atoms with Gasteiger partial charge in [-0.05, 0) is 13.0 Å². The summed E-state index contributed by atoms with van der Waals surface area (Å²) >= 11 is 0. The van der Waals surface area contributed by atoms with Gasteiger partial charge in [0.25, 0.3) is 11.6 Å². The minimum Gasteiger partial charge on any atom is -0.348 e. The third-order valence-electron chi connectivity index (χ3n) is 1.91. The number of non-ortho nitro benzene ring substituents is 1. The molecule has 0 aliphatic carbocycles. The van der Waals surface area contributed by atoms with Crippen molar-refractivity contribution < 1.29 is 14.1 Å². The van der Waals surface area contributed by atoms with E-state index in [1.807, 2.05) is 0 Å². The van der Waals surface area contributed by atoms with Gasteiger partial charge < -0.3 is 5.32 Å². The maximum atomic E-state index is 13.0. The predicted octanol–water partition coefficient (Wildman–Crippen LogP) is 2.04. The molecule has 6 heteroatoms. The molecule has 0 radical (unpaired) electrons. The Balaban J connectivity index is 2.93. The van der Waals surface area contributed by atoms with Crippen LogP contribution in [0.3, 0.4) is 0 Å². The highest BCUT2D eigenvalue weighted by Crippen LogP contribution is 2.16. The van der Waals surface area contributed by atoms with Crippen LogP contribution in [0.5, 0.6) is 0 Å². The highest BCUT2D eigenvalue weighted by atomic mass is 19.1. The van der Waals surface area contributed by atoms with E-state index in [1.54, 1.807) is 6.92 Å². The van der Waals surface area contributed by atoms with Crippen molar-refractivity contribution in [3.8, 4) is 0 Å². The summed E-state index contributed by atoms with van der Waals surface area (Å²) in [5, 5.41) is 13.0. The predicted molar refractivity (Wildman–Crippen MR) is 60.2 cm³/mol. The molecule has 1 aromatic rings. The van der Waals surface area contributed by atoms with Crippen molar-refractivity contribution in [2.75, 3.05) is 6.54 Å². The van der Waals surface area contributed by atoms with Gasteiger partial charge in [0.2, 0.25) is 0 Å². The van der Waals surface area contributed by atoms with Crippen LogP contribution in [0.1, 0.15) is 17.3 Å². The van der Waals surface area contributed by atoms with Gasteiger partial charge in [-0.15, -0.1) is 0 Å². The quantitative estimate of drug-likeness (QED) is 0.495. The largest absolute Gasteiger partial charge is 0.348 e. The van der Waals surface area contributed by atoms with Gasteiger partial charge in [-0.3, -0.25) is 14.9 Å². The van der Waals surface area contributed by atoms with Gasteiger partial charge in [0, 0.05) is 18.2 Å². The molecule has 5 nitrogen and oxygen atoms in total. The van der Waals surface area contributed by atoms with Crippen molar-refractivity contribution in [3.63, 3.8) is 0 Å². The number of rotatable bonds is 4. The average molecular weight is 238 g/mol. The topological polar surface area (TPSA) is 72.2 Å². The second-order valence-electron chi connectivity index (χ2n) is 3.59. The minimum atomic E-state index is -0.820. The molecule has 0 heterocycles. The van der Waals surface area contributed by atoms with Crippen molar-refractivity contribution in [2.45, 2.75) is 6.92 Å². The number of hydrogen-bond acceptors (Lipinski definition) is 3. The van der Waals surface area contributed by atoms with Crippen molar-refractivity contribution in [3.05, 3.63) is 51.8 Å². The summed E-state index contributed by atoms with van der Waals surface area (Å²) in [5.74, 6) is -1.39. The molecule has 0 fully saturated rings. The molecule has 0 unspecified atom stereocenters. The van der Waals surface area contributed by atoms with Gasteiger partial charge in [-0.2, -0.15) is 0 Å². The number of carbonyl (C=O) groups excluding carboxylic acids is 1. The Labute approximate surface area is 97.1 Å². The van der Waals surface area contributed by atoms with Gasteiger partial charge in [-0.1, -0.05) is 12.2 Å². The number of halogens is 1. The summed E-state index contributed by atoms with van der Waals surface area (Å²) in [6.45, 7) is 5.54. The number of nitrogens with zero attached hydrogens (tertiary/aromatic N) is 1. The Morgan fingerprint density at radius 2 is 2.18 bits per heavy atom. The highest BCUT2D eigenvalue weighted by molar-refractivity contribution is 5.94. The molecule has 90 valence electrons. The standard InChI is InChI=1S/C11H11FN2O3/c1-7(2)6-13-11(15)8-3-9(12)5-10(4-8)14(16)17/h3-5H,1,6H2,2H3,(H,13,15). The van der Waals surface area contributed by atoms with E-state index in [0.717, 1.165) is 23.8 Å². The number of nitro groups is 1. The molecule has 1 amide bonds. The lowest BCUT2D eigenvalue weighted by molar-refractivity contribution is -0.385. The summed E-state index contributed by atoms with van der Waals surface area (Å²) < 4.78 is 13.0. The lowest BCUT2D eigenvalue weighted by Gasteiger charge is -2.04. The third-order valence-corrected chi connectivity index (χ3v) is 1.91. The van der Waals surface area contributed by atoms with Crippen LogP contribution in [0.25, 0.3) is 0 Å². The molecule has 1 aromatic carbocycles. The number of nitrogens with one attached hydrogen (secondary N) is 1. The molecule has 0 aliphatic rings. The average Bonchev–Trinajstić information content (AvgIpc) is 2.24. The Morgan fingerprint density at radius 3 is 2.71 bits per heavy atom. The summed E-state index contributed by atoms with van der Waals surface area (Å²) in [5.41, 5.74) is 0.188. The van der Waals surface area contributed by atoms with Gasteiger partial charge >= 0.3 is 0 Å². The Bertz CT molecular complexity index is 486. The van der Waals surface area contributed by atoms with Gasteiger partial charge in [0.1, 0.15) is 5.82 Å². The van der Waals surface area contributed by atoms with Crippen LogP contribution < -0.4 is 5.32 Å². The first-order valence-electron chi connectivity index (χ1n) is 4.77. The summed E-state index contributed by atoms with van der Waals surface area (Å²) in [4.78, 5) is 21.3. The van der Waals surface area contributed by atoms with E-state index in [-0.39, 0.29) is 12.1 Å². The van der Waals surface area contributed by atoms with Gasteiger partial charge in [-0.25, -0.2) is 4.39 Å². The SMILES string of the molecule is C=C(C)CNC(=O)c1cc(F)cc([N+](=O)[O-])c1. The van der Waals surface area contributed by atoms with Gasteiger partial charge in [0.05, 0.1) is 11.0 Å². The van der Waals surface area contributed by atoms with Crippen LogP contribution in [-0.4, -0.2) is 17.4 Å². The van der Waals surface area contributed by atoms with E-state index >= 15 is 0 Å². The molecule has 17 heavy (non-hydrogen) atoms. The minimum absolute atomic E-state index is 0.0852. The first-order valence-corrected chi connectivity index (χ1v) is 4.77. The molecule has 0 spiro atoms. The van der Waals surface area contributed by atoms with E-state index < -0.39 is 22.3 Å². The van der Waals surface area contributed by atoms with Crippen molar-refractivity contribution >= 4 is 11.6 Å². The molecule has 1 N–H and O–H groups in total. The van der Waals surface area contributed by atoms with Crippen LogP contribution >= 0.6 is 0 Å². The molecule has 1 rings (SSSR count). The lowest BCUT2D eigenvalue weighted by Crippen LogP contribution is -2.25. The number of carbonyl (C=O) groups is 1. The molecule has 0 aliphatic heterocycles. The Kier molecular flexibility index (Phi) is 3.92. The zero-order chi connectivity index (χ0) is 13.0. The van der Waals surface area contributed by atoms with E-state index in [0.29, 0.717) is 0 Å². The lowest BCUT2D eigenvalue weighted by atomic mass is 10.2. The molecular formula is C11H11FN2O3. The second kappa shape index (κ2) is 5.20. The van der Waals surface area contributed by atoms with Crippen molar-refractivity contribution in [1.82, 2.24) is 5.32 Å². The van der Waals surface area contributed by atoms with E-state index in [2.05, 4.69) is 11.9 Å². The monoisotopic (exact) mass is 238 g/mol. The zero-order valence-electron chi connectivity index (χ0n) is 9.20. The van der Waals surface area contributed by atoms with Crippen LogP contribution in [0.4, 0.5) is 10.1 Å². The van der Waals surface area contributed by atoms with Crippen molar-refractivity contribution in [1.29, 1.82) is 0 Å². The Morgan fingerprint density at radius 1 is 1.53 bits per heavy atom. The number of amides is 1. The summed E-state index contributed by atoms with van der Waals surface area (Å²) in [6, 6.07) is 2.73. The molecule has 0 aromatic heterocycles. The maximum Gasteiger partial charge on any atom is 0.273 e. The molecule has 0 saturated carbocycles. The molecule has 0 bridgehead atoms. The summed E-state index contributed by atoms with van der Waals surface area (Å²) in [7, 11) is 0. The fraction of sp³-hybridized carbons (Fsp3) is 0.182. The fourth-order valence-corrected chi connectivity index (χ4v) is 1.14. The third kappa shape index (κ3) is 3.67. The normalized spacial score (nSPS) is 9.76. The van der Waals surface area contributed by atoms with Crippen LogP contribution in [-0.2, 0) is 0 Å². The van der Waals surface area contributed by atoms with E-state index in [9.17, 15) is 19.3 Å². The van der Waals surface area contributed by atoms with Gasteiger partial charge in [0.15, 0.2) is 0 Å². The number of nitro benzene ring substituents is 1. The second-order valence-corrected chi connectivity index (χ2v) is 3.59. The first-order chi connectivity index (χ1) is 7.90.